The maximum absolute atomic E-state index is 10.3. The van der Waals surface area contributed by atoms with Gasteiger partial charge in [-0.1, -0.05) is 12.6 Å². The first-order valence-electron chi connectivity index (χ1n) is 3.27. The fourth-order valence-electron chi connectivity index (χ4n) is 0.671. The zero-order valence-electron chi connectivity index (χ0n) is 6.44. The van der Waals surface area contributed by atoms with Crippen LogP contribution in [-0.4, -0.2) is 11.0 Å². The lowest BCUT2D eigenvalue weighted by Crippen LogP contribution is -2.11. The Balaban J connectivity index is 2.65. The third kappa shape index (κ3) is 2.43. The van der Waals surface area contributed by atoms with E-state index in [1.807, 2.05) is 0 Å². The smallest absolute Gasteiger partial charge is 0.296 e. The number of carbonyl (C=O) groups is 1. The lowest BCUT2D eigenvalue weighted by atomic mass is 10.3. The molecule has 4 nitrogen and oxygen atoms in total. The van der Waals surface area contributed by atoms with E-state index < -0.39 is 5.24 Å². The minimum absolute atomic E-state index is 0.499. The Hall–Kier alpha value is -1.23. The summed E-state index contributed by atoms with van der Waals surface area (Å²) >= 11 is 3.48. The molecule has 1 aromatic rings. The van der Waals surface area contributed by atoms with Crippen LogP contribution in [0.25, 0.3) is 0 Å². The molecule has 1 aromatic heterocycles. The van der Waals surface area contributed by atoms with Gasteiger partial charge in [0.1, 0.15) is 11.5 Å². The number of amides is 1. The molecule has 0 radical (unpaired) electrons. The molecular weight excluding hydrogens is 176 g/mol. The van der Waals surface area contributed by atoms with Crippen LogP contribution >= 0.6 is 12.6 Å². The van der Waals surface area contributed by atoms with Crippen molar-refractivity contribution in [3.63, 3.8) is 0 Å². The molecule has 0 unspecified atom stereocenters. The van der Waals surface area contributed by atoms with Crippen molar-refractivity contribution in [2.45, 2.75) is 6.92 Å². The third-order valence-electron chi connectivity index (χ3n) is 1.20. The van der Waals surface area contributed by atoms with Gasteiger partial charge in [-0.3, -0.25) is 4.79 Å². The fourth-order valence-corrected chi connectivity index (χ4v) is 0.721. The molecule has 0 aliphatic carbocycles. The largest absolute Gasteiger partial charge is 0.463 e. The Morgan fingerprint density at radius 2 is 2.50 bits per heavy atom. The molecule has 1 heterocycles. The van der Waals surface area contributed by atoms with Crippen LogP contribution in [0.15, 0.2) is 27.9 Å². The van der Waals surface area contributed by atoms with Gasteiger partial charge in [0, 0.05) is 0 Å². The number of furan rings is 1. The van der Waals surface area contributed by atoms with E-state index in [0.717, 1.165) is 0 Å². The van der Waals surface area contributed by atoms with Crippen LogP contribution in [0.2, 0.25) is 0 Å². The fraction of sp³-hybridized carbons (Fsp3) is 0.143. The molecule has 0 saturated carbocycles. The highest BCUT2D eigenvalue weighted by Gasteiger charge is 1.99. The molecule has 0 aromatic carbocycles. The molecule has 1 N–H and O–H groups in total. The molecule has 0 spiro atoms. The predicted octanol–water partition coefficient (Wildman–Crippen LogP) is 1.64. The summed E-state index contributed by atoms with van der Waals surface area (Å²) in [6.07, 6.45) is 1.54. The SMILES string of the molecule is C/C(=N/NC(=O)S)c1ccco1. The van der Waals surface area contributed by atoms with Crippen molar-refractivity contribution in [2.24, 2.45) is 5.10 Å². The minimum atomic E-state index is -0.499. The van der Waals surface area contributed by atoms with Gasteiger partial charge in [0.15, 0.2) is 0 Å². The van der Waals surface area contributed by atoms with E-state index in [-0.39, 0.29) is 0 Å². The van der Waals surface area contributed by atoms with Crippen molar-refractivity contribution in [3.05, 3.63) is 24.2 Å². The summed E-state index contributed by atoms with van der Waals surface area (Å²) < 4.78 is 5.02. The minimum Gasteiger partial charge on any atom is -0.463 e. The van der Waals surface area contributed by atoms with Gasteiger partial charge in [-0.15, -0.1) is 0 Å². The second-order valence-electron chi connectivity index (χ2n) is 2.09. The number of thiol groups is 1. The third-order valence-corrected chi connectivity index (χ3v) is 1.30. The highest BCUT2D eigenvalue weighted by Crippen LogP contribution is 2.00. The average Bonchev–Trinajstić information content (AvgIpc) is 2.51. The lowest BCUT2D eigenvalue weighted by molar-refractivity contribution is 0.261. The maximum atomic E-state index is 10.3. The molecule has 1 rings (SSSR count). The highest BCUT2D eigenvalue weighted by molar-refractivity contribution is 7.96. The Labute approximate surface area is 75.1 Å². The first kappa shape index (κ1) is 8.86. The Bertz CT molecular complexity index is 292. The lowest BCUT2D eigenvalue weighted by Gasteiger charge is -1.94. The topological polar surface area (TPSA) is 54.6 Å². The van der Waals surface area contributed by atoms with Crippen molar-refractivity contribution in [3.8, 4) is 0 Å². The number of hydrogen-bond donors (Lipinski definition) is 2. The molecule has 0 aliphatic rings. The highest BCUT2D eigenvalue weighted by atomic mass is 32.1. The predicted molar refractivity (Wildman–Crippen MR) is 48.4 cm³/mol. The zero-order valence-corrected chi connectivity index (χ0v) is 7.34. The quantitative estimate of drug-likeness (QED) is 0.417. The van der Waals surface area contributed by atoms with Crippen molar-refractivity contribution < 1.29 is 9.21 Å². The Kier molecular flexibility index (Phi) is 2.93. The van der Waals surface area contributed by atoms with E-state index in [4.69, 9.17) is 4.42 Å². The number of carbonyl (C=O) groups excluding carboxylic acids is 1. The first-order chi connectivity index (χ1) is 5.70. The molecule has 0 saturated heterocycles. The van der Waals surface area contributed by atoms with Crippen molar-refractivity contribution in [1.29, 1.82) is 0 Å². The van der Waals surface area contributed by atoms with Crippen LogP contribution in [-0.2, 0) is 0 Å². The van der Waals surface area contributed by atoms with Gasteiger partial charge in [0.2, 0.25) is 0 Å². The number of rotatable bonds is 2. The zero-order chi connectivity index (χ0) is 8.97. The summed E-state index contributed by atoms with van der Waals surface area (Å²) in [5, 5.41) is 3.21. The van der Waals surface area contributed by atoms with Crippen LogP contribution in [0, 0.1) is 0 Å². The molecule has 0 fully saturated rings. The van der Waals surface area contributed by atoms with Gasteiger partial charge >= 0.3 is 0 Å². The number of nitrogens with one attached hydrogen (secondary N) is 1. The van der Waals surface area contributed by atoms with E-state index in [0.29, 0.717) is 11.5 Å². The van der Waals surface area contributed by atoms with Crippen LogP contribution in [0.4, 0.5) is 4.79 Å². The molecule has 0 bridgehead atoms. The summed E-state index contributed by atoms with van der Waals surface area (Å²) in [6.45, 7) is 1.72. The first-order valence-corrected chi connectivity index (χ1v) is 3.72. The summed E-state index contributed by atoms with van der Waals surface area (Å²) in [5.41, 5.74) is 2.79. The normalized spacial score (nSPS) is 11.3. The monoisotopic (exact) mass is 184 g/mol. The van der Waals surface area contributed by atoms with Crippen molar-refractivity contribution in [2.75, 3.05) is 0 Å². The Morgan fingerprint density at radius 3 is 3.00 bits per heavy atom. The summed E-state index contributed by atoms with van der Waals surface area (Å²) in [7, 11) is 0. The second kappa shape index (κ2) is 3.96. The summed E-state index contributed by atoms with van der Waals surface area (Å²) in [6, 6.07) is 3.50. The van der Waals surface area contributed by atoms with Crippen molar-refractivity contribution in [1.82, 2.24) is 5.43 Å². The molecule has 64 valence electrons. The molecule has 12 heavy (non-hydrogen) atoms. The summed E-state index contributed by atoms with van der Waals surface area (Å²) in [4.78, 5) is 10.3. The van der Waals surface area contributed by atoms with Gasteiger partial charge in [0.25, 0.3) is 5.24 Å². The van der Waals surface area contributed by atoms with E-state index in [2.05, 4.69) is 23.2 Å². The van der Waals surface area contributed by atoms with Gasteiger partial charge < -0.3 is 4.42 Å². The van der Waals surface area contributed by atoms with Gasteiger partial charge in [-0.2, -0.15) is 5.10 Å². The number of hydrazone groups is 1. The number of hydrogen-bond acceptors (Lipinski definition) is 3. The van der Waals surface area contributed by atoms with Crippen LogP contribution in [0.5, 0.6) is 0 Å². The standard InChI is InChI=1S/C7H8N2O2S/c1-5(8-9-7(10)12)6-3-2-4-11-6/h2-4H,1H3,(H2,9,10,12)/b8-5-. The van der Waals surface area contributed by atoms with Gasteiger partial charge in [-0.05, 0) is 19.1 Å². The maximum Gasteiger partial charge on any atom is 0.296 e. The van der Waals surface area contributed by atoms with Gasteiger partial charge in [0.05, 0.1) is 6.26 Å². The van der Waals surface area contributed by atoms with E-state index in [9.17, 15) is 4.79 Å². The van der Waals surface area contributed by atoms with Crippen LogP contribution < -0.4 is 5.43 Å². The summed E-state index contributed by atoms with van der Waals surface area (Å²) in [5.74, 6) is 0.622. The molecular formula is C7H8N2O2S. The molecule has 0 aliphatic heterocycles. The van der Waals surface area contributed by atoms with E-state index >= 15 is 0 Å². The van der Waals surface area contributed by atoms with E-state index in [1.54, 1.807) is 19.1 Å². The van der Waals surface area contributed by atoms with Gasteiger partial charge in [-0.25, -0.2) is 5.43 Å². The number of nitrogens with zero attached hydrogens (tertiary/aromatic N) is 1. The van der Waals surface area contributed by atoms with Crippen molar-refractivity contribution >= 4 is 23.6 Å². The Morgan fingerprint density at radius 1 is 1.75 bits per heavy atom. The molecule has 0 atom stereocenters. The second-order valence-corrected chi connectivity index (χ2v) is 2.50. The molecule has 1 amide bonds. The molecule has 5 heteroatoms. The van der Waals surface area contributed by atoms with Crippen LogP contribution in [0.1, 0.15) is 12.7 Å². The average molecular weight is 184 g/mol. The van der Waals surface area contributed by atoms with Crippen LogP contribution in [0.3, 0.4) is 0 Å². The van der Waals surface area contributed by atoms with E-state index in [1.165, 1.54) is 6.26 Å².